The number of nitrogens with zero attached hydrogens (tertiary/aromatic N) is 3. The van der Waals surface area contributed by atoms with Crippen LogP contribution in [0, 0.1) is 21.4 Å². The monoisotopic (exact) mass is 291 g/mol. The minimum Gasteiger partial charge on any atom is -0.388 e. The Hall–Kier alpha value is -2.01. The summed E-state index contributed by atoms with van der Waals surface area (Å²) in [6, 6.07) is 6.01. The molecule has 0 spiro atoms. The van der Waals surface area contributed by atoms with Gasteiger partial charge < -0.3 is 9.84 Å². The molecule has 2 rings (SSSR count). The molecule has 1 aliphatic rings. The summed E-state index contributed by atoms with van der Waals surface area (Å²) in [5.41, 5.74) is 0.265. The summed E-state index contributed by atoms with van der Waals surface area (Å²) < 4.78 is 5.24. The molecule has 1 unspecified atom stereocenters. The maximum atomic E-state index is 11.1. The first-order valence-corrected chi connectivity index (χ1v) is 6.78. The Morgan fingerprint density at radius 2 is 2.19 bits per heavy atom. The lowest BCUT2D eigenvalue weighted by Gasteiger charge is -2.27. The Kier molecular flexibility index (Phi) is 5.22. The first kappa shape index (κ1) is 15.4. The average Bonchev–Trinajstić information content (AvgIpc) is 2.52. The highest BCUT2D eigenvalue weighted by molar-refractivity contribution is 5.48. The molecular formula is C14H17N3O4. The van der Waals surface area contributed by atoms with Crippen molar-refractivity contribution in [2.24, 2.45) is 0 Å². The molecule has 1 fully saturated rings. The fourth-order valence-electron chi connectivity index (χ4n) is 2.34. The molecule has 7 heteroatoms. The quantitative estimate of drug-likeness (QED) is 0.647. The number of hydrogen-bond acceptors (Lipinski definition) is 6. The van der Waals surface area contributed by atoms with Crippen molar-refractivity contribution < 1.29 is 14.8 Å². The van der Waals surface area contributed by atoms with E-state index in [2.05, 4.69) is 4.90 Å². The van der Waals surface area contributed by atoms with Crippen molar-refractivity contribution in [3.8, 4) is 6.07 Å². The summed E-state index contributed by atoms with van der Waals surface area (Å²) in [5, 5.41) is 30.1. The van der Waals surface area contributed by atoms with Gasteiger partial charge in [0, 0.05) is 25.7 Å². The van der Waals surface area contributed by atoms with Crippen LogP contribution < -0.4 is 0 Å². The first-order chi connectivity index (χ1) is 10.1. The summed E-state index contributed by atoms with van der Waals surface area (Å²) in [6.07, 6.45) is -0.506. The SMILES string of the molecule is N#Cc1ccc(C(O)CCN2CCOCC2)c([N+](=O)[O-])c1. The summed E-state index contributed by atoms with van der Waals surface area (Å²) in [6.45, 7) is 3.62. The van der Waals surface area contributed by atoms with Gasteiger partial charge in [-0.2, -0.15) is 5.26 Å². The Balaban J connectivity index is 2.05. The van der Waals surface area contributed by atoms with E-state index < -0.39 is 11.0 Å². The van der Waals surface area contributed by atoms with Gasteiger partial charge in [0.25, 0.3) is 5.69 Å². The molecule has 7 nitrogen and oxygen atoms in total. The lowest BCUT2D eigenvalue weighted by molar-refractivity contribution is -0.386. The predicted octanol–water partition coefficient (Wildman–Crippen LogP) is 1.22. The number of ether oxygens (including phenoxy) is 1. The van der Waals surface area contributed by atoms with Gasteiger partial charge in [-0.15, -0.1) is 0 Å². The third-order valence-electron chi connectivity index (χ3n) is 3.54. The van der Waals surface area contributed by atoms with E-state index in [0.29, 0.717) is 26.2 Å². The highest BCUT2D eigenvalue weighted by Gasteiger charge is 2.22. The molecule has 0 bridgehead atoms. The van der Waals surface area contributed by atoms with Gasteiger partial charge in [0.05, 0.1) is 41.4 Å². The number of benzene rings is 1. The molecule has 21 heavy (non-hydrogen) atoms. The lowest BCUT2D eigenvalue weighted by Crippen LogP contribution is -2.37. The molecule has 0 radical (unpaired) electrons. The van der Waals surface area contributed by atoms with Crippen LogP contribution >= 0.6 is 0 Å². The molecule has 0 aromatic heterocycles. The number of nitro groups is 1. The van der Waals surface area contributed by atoms with E-state index in [0.717, 1.165) is 13.1 Å². The van der Waals surface area contributed by atoms with Gasteiger partial charge in [0.15, 0.2) is 0 Å². The molecule has 1 aromatic rings. The standard InChI is InChI=1S/C14H17N3O4/c15-10-11-1-2-12(13(9-11)17(19)20)14(18)3-4-16-5-7-21-8-6-16/h1-2,9,14,18H,3-8H2. The van der Waals surface area contributed by atoms with E-state index in [1.165, 1.54) is 18.2 Å². The molecule has 1 heterocycles. The summed E-state index contributed by atoms with van der Waals surface area (Å²) in [7, 11) is 0. The first-order valence-electron chi connectivity index (χ1n) is 6.78. The molecule has 1 aromatic carbocycles. The highest BCUT2D eigenvalue weighted by atomic mass is 16.6. The average molecular weight is 291 g/mol. The molecular weight excluding hydrogens is 274 g/mol. The molecule has 0 saturated carbocycles. The third-order valence-corrected chi connectivity index (χ3v) is 3.54. The minimum atomic E-state index is -0.916. The van der Waals surface area contributed by atoms with Crippen molar-refractivity contribution in [1.29, 1.82) is 5.26 Å². The van der Waals surface area contributed by atoms with Crippen molar-refractivity contribution >= 4 is 5.69 Å². The zero-order valence-corrected chi connectivity index (χ0v) is 11.6. The van der Waals surface area contributed by atoms with Crippen LogP contribution in [-0.4, -0.2) is 47.8 Å². The highest BCUT2D eigenvalue weighted by Crippen LogP contribution is 2.28. The number of rotatable bonds is 5. The maximum absolute atomic E-state index is 11.1. The molecule has 0 amide bonds. The van der Waals surface area contributed by atoms with Crippen molar-refractivity contribution in [1.82, 2.24) is 4.90 Å². The van der Waals surface area contributed by atoms with Crippen LogP contribution in [0.1, 0.15) is 23.7 Å². The summed E-state index contributed by atoms with van der Waals surface area (Å²) >= 11 is 0. The van der Waals surface area contributed by atoms with E-state index in [1.54, 1.807) is 0 Å². The summed E-state index contributed by atoms with van der Waals surface area (Å²) in [5.74, 6) is 0. The van der Waals surface area contributed by atoms with Gasteiger partial charge in [0.1, 0.15) is 0 Å². The molecule has 112 valence electrons. The zero-order chi connectivity index (χ0) is 15.2. The van der Waals surface area contributed by atoms with Crippen LogP contribution in [0.2, 0.25) is 0 Å². The maximum Gasteiger partial charge on any atom is 0.276 e. The number of aliphatic hydroxyl groups excluding tert-OH is 1. The number of aliphatic hydroxyl groups is 1. The lowest BCUT2D eigenvalue weighted by atomic mass is 10.0. The van der Waals surface area contributed by atoms with Gasteiger partial charge in [-0.05, 0) is 18.6 Å². The topological polar surface area (TPSA) is 99.6 Å². The van der Waals surface area contributed by atoms with Crippen molar-refractivity contribution in [2.45, 2.75) is 12.5 Å². The molecule has 1 saturated heterocycles. The number of nitriles is 1. The van der Waals surface area contributed by atoms with E-state index in [9.17, 15) is 15.2 Å². The number of morpholine rings is 1. The van der Waals surface area contributed by atoms with E-state index in [4.69, 9.17) is 10.00 Å². The van der Waals surface area contributed by atoms with Crippen LogP contribution in [-0.2, 0) is 4.74 Å². The number of nitro benzene ring substituents is 1. The van der Waals surface area contributed by atoms with Gasteiger partial charge in [-0.3, -0.25) is 15.0 Å². The zero-order valence-electron chi connectivity index (χ0n) is 11.6. The van der Waals surface area contributed by atoms with E-state index in [1.807, 2.05) is 6.07 Å². The van der Waals surface area contributed by atoms with E-state index >= 15 is 0 Å². The van der Waals surface area contributed by atoms with Crippen molar-refractivity contribution in [3.63, 3.8) is 0 Å². The van der Waals surface area contributed by atoms with E-state index in [-0.39, 0.29) is 16.8 Å². The van der Waals surface area contributed by atoms with Crippen LogP contribution in [0.5, 0.6) is 0 Å². The third kappa shape index (κ3) is 3.98. The fraction of sp³-hybridized carbons (Fsp3) is 0.500. The van der Waals surface area contributed by atoms with Crippen LogP contribution in [0.15, 0.2) is 18.2 Å². The Morgan fingerprint density at radius 1 is 1.48 bits per heavy atom. The largest absolute Gasteiger partial charge is 0.388 e. The van der Waals surface area contributed by atoms with Crippen LogP contribution in [0.4, 0.5) is 5.69 Å². The molecule has 1 aliphatic heterocycles. The van der Waals surface area contributed by atoms with Crippen molar-refractivity contribution in [3.05, 3.63) is 39.4 Å². The minimum absolute atomic E-state index is 0.205. The normalized spacial score (nSPS) is 17.1. The Morgan fingerprint density at radius 3 is 2.81 bits per heavy atom. The summed E-state index contributed by atoms with van der Waals surface area (Å²) in [4.78, 5) is 12.7. The molecule has 1 atom stereocenters. The van der Waals surface area contributed by atoms with Gasteiger partial charge >= 0.3 is 0 Å². The Bertz CT molecular complexity index is 550. The Labute approximate surface area is 122 Å². The smallest absolute Gasteiger partial charge is 0.276 e. The second kappa shape index (κ2) is 7.13. The van der Waals surface area contributed by atoms with Crippen LogP contribution in [0.3, 0.4) is 0 Å². The second-order valence-electron chi connectivity index (χ2n) is 4.90. The van der Waals surface area contributed by atoms with Crippen LogP contribution in [0.25, 0.3) is 0 Å². The predicted molar refractivity (Wildman–Crippen MR) is 74.6 cm³/mol. The number of hydrogen-bond donors (Lipinski definition) is 1. The van der Waals surface area contributed by atoms with Gasteiger partial charge in [0.2, 0.25) is 0 Å². The van der Waals surface area contributed by atoms with Gasteiger partial charge in [-0.25, -0.2) is 0 Å². The second-order valence-corrected chi connectivity index (χ2v) is 4.90. The van der Waals surface area contributed by atoms with Crippen molar-refractivity contribution in [2.75, 3.05) is 32.8 Å². The fourth-order valence-corrected chi connectivity index (χ4v) is 2.34. The van der Waals surface area contributed by atoms with Gasteiger partial charge in [-0.1, -0.05) is 0 Å². The molecule has 0 aliphatic carbocycles. The molecule has 1 N–H and O–H groups in total.